The minimum Gasteiger partial charge on any atom is -0.480 e. The summed E-state index contributed by atoms with van der Waals surface area (Å²) in [6, 6.07) is -4.90. The first-order chi connectivity index (χ1) is 15.9. The summed E-state index contributed by atoms with van der Waals surface area (Å²) < 4.78 is 0. The Kier molecular flexibility index (Phi) is 15.9. The van der Waals surface area contributed by atoms with Crippen LogP contribution in [0.2, 0.25) is 0 Å². The lowest BCUT2D eigenvalue weighted by atomic mass is 10.1. The molecule has 14 heteroatoms. The van der Waals surface area contributed by atoms with Gasteiger partial charge in [-0.15, -0.1) is 0 Å². The number of hydrogen-bond donors (Lipinski definition) is 8. The molecule has 0 saturated carbocycles. The van der Waals surface area contributed by atoms with Crippen molar-refractivity contribution in [2.24, 2.45) is 17.2 Å². The number of primary amides is 1. The van der Waals surface area contributed by atoms with Crippen LogP contribution in [0.3, 0.4) is 0 Å². The molecule has 4 amide bonds. The highest BCUT2D eigenvalue weighted by molar-refractivity contribution is 7.98. The molecule has 5 unspecified atom stereocenters. The third kappa shape index (κ3) is 12.7. The number of hydrogen-bond acceptors (Lipinski definition) is 9. The fourth-order valence-corrected chi connectivity index (χ4v) is 3.37. The number of amides is 4. The van der Waals surface area contributed by atoms with E-state index in [-0.39, 0.29) is 19.3 Å². The molecule has 196 valence electrons. The van der Waals surface area contributed by atoms with Crippen molar-refractivity contribution < 1.29 is 34.2 Å². The maximum absolute atomic E-state index is 12.8. The lowest BCUT2D eigenvalue weighted by Gasteiger charge is -2.26. The average molecular weight is 507 g/mol. The van der Waals surface area contributed by atoms with Crippen molar-refractivity contribution in [3.63, 3.8) is 0 Å². The second-order valence-corrected chi connectivity index (χ2v) is 8.85. The van der Waals surface area contributed by atoms with Crippen LogP contribution in [0.1, 0.15) is 45.4 Å². The minimum absolute atomic E-state index is 0.115. The molecule has 13 nitrogen and oxygen atoms in total. The van der Waals surface area contributed by atoms with Gasteiger partial charge in [-0.2, -0.15) is 11.8 Å². The summed E-state index contributed by atoms with van der Waals surface area (Å²) in [5, 5.41) is 26.4. The highest BCUT2D eigenvalue weighted by Crippen LogP contribution is 2.06. The summed E-state index contributed by atoms with van der Waals surface area (Å²) >= 11 is 1.49. The zero-order valence-corrected chi connectivity index (χ0v) is 20.4. The van der Waals surface area contributed by atoms with Crippen molar-refractivity contribution in [3.8, 4) is 0 Å². The largest absolute Gasteiger partial charge is 0.480 e. The van der Waals surface area contributed by atoms with Crippen LogP contribution in [0.4, 0.5) is 0 Å². The van der Waals surface area contributed by atoms with Crippen LogP contribution in [0.15, 0.2) is 0 Å². The highest BCUT2D eigenvalue weighted by Gasteiger charge is 2.32. The van der Waals surface area contributed by atoms with Gasteiger partial charge in [0, 0.05) is 6.42 Å². The molecule has 0 heterocycles. The Morgan fingerprint density at radius 2 is 1.53 bits per heavy atom. The van der Waals surface area contributed by atoms with E-state index in [1.165, 1.54) is 18.7 Å². The third-order valence-electron chi connectivity index (χ3n) is 4.91. The van der Waals surface area contributed by atoms with Gasteiger partial charge in [-0.1, -0.05) is 0 Å². The smallest absolute Gasteiger partial charge is 0.326 e. The molecule has 34 heavy (non-hydrogen) atoms. The van der Waals surface area contributed by atoms with Gasteiger partial charge in [-0.25, -0.2) is 4.79 Å². The van der Waals surface area contributed by atoms with Crippen LogP contribution in [0.25, 0.3) is 0 Å². The number of nitrogens with one attached hydrogen (secondary N) is 3. The number of aliphatic carboxylic acids is 1. The number of carbonyl (C=O) groups excluding carboxylic acids is 4. The fraction of sp³-hybridized carbons (Fsp3) is 0.750. The number of carboxylic acid groups (broad SMARTS) is 1. The summed E-state index contributed by atoms with van der Waals surface area (Å²) in [5.74, 6) is -3.75. The van der Waals surface area contributed by atoms with E-state index in [1.807, 2.05) is 6.26 Å². The molecule has 0 aromatic heterocycles. The van der Waals surface area contributed by atoms with Crippen LogP contribution >= 0.6 is 11.8 Å². The Hall–Kier alpha value is -2.42. The van der Waals surface area contributed by atoms with Crippen molar-refractivity contribution in [1.82, 2.24) is 16.0 Å². The zero-order chi connectivity index (χ0) is 26.3. The van der Waals surface area contributed by atoms with Gasteiger partial charge in [0.1, 0.15) is 18.1 Å². The molecular weight excluding hydrogens is 468 g/mol. The fourth-order valence-electron chi connectivity index (χ4n) is 2.88. The SMILES string of the molecule is CSCCC(N)C(=O)NC(CCC(N)=O)C(=O)NC(C(=O)NC(CCCCN)C(=O)O)C(C)O. The Morgan fingerprint density at radius 1 is 0.912 bits per heavy atom. The number of thioether (sulfide) groups is 1. The molecule has 11 N–H and O–H groups in total. The molecule has 0 rings (SSSR count). The predicted octanol–water partition coefficient (Wildman–Crippen LogP) is -2.62. The number of unbranched alkanes of at least 4 members (excludes halogenated alkanes) is 1. The van der Waals surface area contributed by atoms with Gasteiger partial charge in [0.25, 0.3) is 0 Å². The van der Waals surface area contributed by atoms with E-state index in [0.717, 1.165) is 0 Å². The first kappa shape index (κ1) is 31.6. The maximum Gasteiger partial charge on any atom is 0.326 e. The molecule has 0 aliphatic rings. The van der Waals surface area contributed by atoms with Crippen LogP contribution in [-0.4, -0.2) is 88.6 Å². The average Bonchev–Trinajstić information content (AvgIpc) is 2.76. The summed E-state index contributed by atoms with van der Waals surface area (Å²) in [6.07, 6.45) is 1.56. The third-order valence-corrected chi connectivity index (χ3v) is 5.55. The Labute approximate surface area is 203 Å². The molecule has 0 aromatic carbocycles. The first-order valence-corrected chi connectivity index (χ1v) is 12.4. The molecule has 0 aliphatic heterocycles. The summed E-state index contributed by atoms with van der Waals surface area (Å²) in [4.78, 5) is 60.5. The molecule has 0 aromatic rings. The molecule has 0 aliphatic carbocycles. The molecule has 0 bridgehead atoms. The quantitative estimate of drug-likeness (QED) is 0.0900. The molecule has 0 spiro atoms. The Balaban J connectivity index is 5.38. The Bertz CT molecular complexity index is 694. The van der Waals surface area contributed by atoms with Gasteiger partial charge in [-0.3, -0.25) is 19.2 Å². The van der Waals surface area contributed by atoms with Crippen molar-refractivity contribution in [3.05, 3.63) is 0 Å². The van der Waals surface area contributed by atoms with E-state index in [9.17, 15) is 34.2 Å². The summed E-state index contributed by atoms with van der Waals surface area (Å²) in [6.45, 7) is 1.61. The number of aliphatic hydroxyl groups is 1. The maximum atomic E-state index is 12.8. The topological polar surface area (TPSA) is 240 Å². The monoisotopic (exact) mass is 506 g/mol. The van der Waals surface area contributed by atoms with Crippen LogP contribution in [-0.2, 0) is 24.0 Å². The molecule has 0 saturated heterocycles. The number of rotatable bonds is 18. The van der Waals surface area contributed by atoms with Crippen molar-refractivity contribution >= 4 is 41.4 Å². The van der Waals surface area contributed by atoms with Crippen molar-refractivity contribution in [1.29, 1.82) is 0 Å². The van der Waals surface area contributed by atoms with E-state index in [0.29, 0.717) is 31.6 Å². The lowest BCUT2D eigenvalue weighted by molar-refractivity contribution is -0.143. The number of carboxylic acids is 1. The standard InChI is InChI=1S/C20H38N6O7S/c1-11(27)16(19(31)25-14(20(32)33)5-3-4-9-21)26-18(30)13(6-7-15(23)28)24-17(29)12(22)8-10-34-2/h11-14,16,27H,3-10,21-22H2,1-2H3,(H2,23,28)(H,24,29)(H,25,31)(H,26,30)(H,32,33). The zero-order valence-electron chi connectivity index (χ0n) is 19.6. The van der Waals surface area contributed by atoms with E-state index < -0.39 is 59.9 Å². The van der Waals surface area contributed by atoms with E-state index >= 15 is 0 Å². The van der Waals surface area contributed by atoms with E-state index in [1.54, 1.807) is 0 Å². The van der Waals surface area contributed by atoms with Crippen LogP contribution in [0.5, 0.6) is 0 Å². The van der Waals surface area contributed by atoms with Gasteiger partial charge in [0.2, 0.25) is 23.6 Å². The lowest BCUT2D eigenvalue weighted by Crippen LogP contribution is -2.59. The summed E-state index contributed by atoms with van der Waals surface area (Å²) in [7, 11) is 0. The Morgan fingerprint density at radius 3 is 2.03 bits per heavy atom. The van der Waals surface area contributed by atoms with Gasteiger partial charge >= 0.3 is 5.97 Å². The molecule has 0 fully saturated rings. The van der Waals surface area contributed by atoms with Crippen LogP contribution < -0.4 is 33.2 Å². The number of carbonyl (C=O) groups is 5. The second kappa shape index (κ2) is 17.1. The summed E-state index contributed by atoms with van der Waals surface area (Å²) in [5.41, 5.74) is 16.4. The first-order valence-electron chi connectivity index (χ1n) is 11.0. The van der Waals surface area contributed by atoms with E-state index in [4.69, 9.17) is 17.2 Å². The minimum atomic E-state index is -1.51. The highest BCUT2D eigenvalue weighted by atomic mass is 32.2. The number of aliphatic hydroxyl groups excluding tert-OH is 1. The number of nitrogens with two attached hydrogens (primary N) is 3. The molecular formula is C20H38N6O7S. The molecule has 0 radical (unpaired) electrons. The predicted molar refractivity (Wildman–Crippen MR) is 127 cm³/mol. The normalized spacial score (nSPS) is 15.3. The van der Waals surface area contributed by atoms with Crippen molar-refractivity contribution in [2.45, 2.75) is 75.7 Å². The van der Waals surface area contributed by atoms with Gasteiger partial charge in [-0.05, 0) is 57.6 Å². The second-order valence-electron chi connectivity index (χ2n) is 7.86. The van der Waals surface area contributed by atoms with E-state index in [2.05, 4.69) is 16.0 Å². The van der Waals surface area contributed by atoms with Crippen LogP contribution in [0, 0.1) is 0 Å². The molecule has 5 atom stereocenters. The van der Waals surface area contributed by atoms with Crippen molar-refractivity contribution in [2.75, 3.05) is 18.6 Å². The van der Waals surface area contributed by atoms with Gasteiger partial charge in [0.15, 0.2) is 0 Å². The van der Waals surface area contributed by atoms with Gasteiger partial charge < -0.3 is 43.4 Å². The van der Waals surface area contributed by atoms with Gasteiger partial charge in [0.05, 0.1) is 12.1 Å².